The molecule has 9 nitrogen and oxygen atoms in total. The van der Waals surface area contributed by atoms with E-state index in [-0.39, 0.29) is 26.4 Å². The molecule has 0 aliphatic carbocycles. The first-order valence-electron chi connectivity index (χ1n) is 12.0. The van der Waals surface area contributed by atoms with Gasteiger partial charge in [-0.1, -0.05) is 13.2 Å². The molecular weight excluding hydrogens is 488 g/mol. The summed E-state index contributed by atoms with van der Waals surface area (Å²) in [5.74, 6) is -1.04. The average Bonchev–Trinajstić information content (AvgIpc) is 2.73. The zero-order valence-electron chi connectivity index (χ0n) is 22.4. The van der Waals surface area contributed by atoms with E-state index in [4.69, 9.17) is 23.1 Å². The molecule has 0 fully saturated rings. The molecule has 2 N–H and O–H groups in total. The van der Waals surface area contributed by atoms with Crippen LogP contribution in [0, 0.1) is 0 Å². The van der Waals surface area contributed by atoms with Crippen LogP contribution in [0.2, 0.25) is 38.3 Å². The number of aliphatic hydroxyl groups excluding tert-OH is 2. The summed E-state index contributed by atoms with van der Waals surface area (Å²) in [6.45, 7) is 19.9. The lowest BCUT2D eigenvalue weighted by Crippen LogP contribution is -2.44. The van der Waals surface area contributed by atoms with Crippen LogP contribution in [0.15, 0.2) is 24.3 Å². The minimum atomic E-state index is -1.87. The van der Waals surface area contributed by atoms with Gasteiger partial charge < -0.3 is 33.3 Å². The van der Waals surface area contributed by atoms with E-state index in [9.17, 15) is 19.8 Å². The van der Waals surface area contributed by atoms with Crippen LogP contribution in [-0.2, 0) is 32.7 Å². The maximum Gasteiger partial charge on any atom is 0.333 e. The molecule has 2 unspecified atom stereocenters. The summed E-state index contributed by atoms with van der Waals surface area (Å²) >= 11 is 0. The van der Waals surface area contributed by atoms with Crippen molar-refractivity contribution in [3.63, 3.8) is 0 Å². The maximum atomic E-state index is 11.3. The Balaban J connectivity index is 4.01. The average molecular weight is 535 g/mol. The predicted molar refractivity (Wildman–Crippen MR) is 140 cm³/mol. The van der Waals surface area contributed by atoms with Crippen LogP contribution in [0.4, 0.5) is 0 Å². The van der Waals surface area contributed by atoms with E-state index >= 15 is 0 Å². The van der Waals surface area contributed by atoms with Crippen molar-refractivity contribution in [2.45, 2.75) is 77.2 Å². The first-order valence-corrected chi connectivity index (χ1v) is 18.3. The fourth-order valence-corrected chi connectivity index (χ4v) is 12.0. The zero-order valence-corrected chi connectivity index (χ0v) is 24.4. The van der Waals surface area contributed by atoms with E-state index in [1.807, 2.05) is 0 Å². The molecule has 0 aliphatic rings. The van der Waals surface area contributed by atoms with Crippen LogP contribution < -0.4 is 0 Å². The normalized spacial score (nSPS) is 13.7. The summed E-state index contributed by atoms with van der Waals surface area (Å²) in [7, 11) is -3.74. The van der Waals surface area contributed by atoms with Crippen LogP contribution in [-0.4, -0.2) is 90.6 Å². The Morgan fingerprint density at radius 1 is 0.714 bits per heavy atom. The lowest BCUT2D eigenvalue weighted by atomic mass is 10.3. The molecule has 0 aromatic heterocycles. The van der Waals surface area contributed by atoms with E-state index in [1.165, 1.54) is 0 Å². The smallest absolute Gasteiger partial charge is 0.333 e. The lowest BCUT2D eigenvalue weighted by molar-refractivity contribution is -0.143. The molecule has 204 valence electrons. The summed E-state index contributed by atoms with van der Waals surface area (Å²) in [6.07, 6.45) is -0.0561. The lowest BCUT2D eigenvalue weighted by Gasteiger charge is -2.34. The molecular formula is C24H46O9Si2. The van der Waals surface area contributed by atoms with Gasteiger partial charge in [-0.25, -0.2) is 9.59 Å². The van der Waals surface area contributed by atoms with Crippen molar-refractivity contribution in [2.75, 3.05) is 39.6 Å². The number of rotatable bonds is 20. The zero-order chi connectivity index (χ0) is 27.1. The van der Waals surface area contributed by atoms with Crippen molar-refractivity contribution < 1.29 is 42.9 Å². The highest BCUT2D eigenvalue weighted by Crippen LogP contribution is 2.23. The molecule has 0 aliphatic heterocycles. The Bertz CT molecular complexity index is 624. The van der Waals surface area contributed by atoms with Gasteiger partial charge in [0.2, 0.25) is 0 Å². The van der Waals surface area contributed by atoms with Crippen LogP contribution in [0.25, 0.3) is 0 Å². The van der Waals surface area contributed by atoms with E-state index in [2.05, 4.69) is 39.3 Å². The third-order valence-corrected chi connectivity index (χ3v) is 12.4. The van der Waals surface area contributed by atoms with Gasteiger partial charge >= 0.3 is 11.9 Å². The largest absolute Gasteiger partial charge is 0.460 e. The molecule has 0 aromatic rings. The van der Waals surface area contributed by atoms with Crippen molar-refractivity contribution in [3.05, 3.63) is 24.3 Å². The molecule has 0 spiro atoms. The summed E-state index contributed by atoms with van der Waals surface area (Å²) < 4.78 is 27.4. The molecule has 2 atom stereocenters. The van der Waals surface area contributed by atoms with Crippen molar-refractivity contribution in [1.29, 1.82) is 0 Å². The SMILES string of the molecule is C=C(C)C(=O)OCC(O)COCCC[Si](C)(C)O[Si](C)(C)CCCOCC(O)COC(=O)C(=C)C. The van der Waals surface area contributed by atoms with Gasteiger partial charge in [0.15, 0.2) is 16.6 Å². The van der Waals surface area contributed by atoms with Gasteiger partial charge in [-0.2, -0.15) is 0 Å². The molecule has 0 aromatic carbocycles. The van der Waals surface area contributed by atoms with Gasteiger partial charge in [0.25, 0.3) is 0 Å². The number of ether oxygens (including phenoxy) is 4. The summed E-state index contributed by atoms with van der Waals surface area (Å²) in [5.41, 5.74) is 0.587. The molecule has 11 heteroatoms. The fraction of sp³-hybridized carbons (Fsp3) is 0.750. The highest BCUT2D eigenvalue weighted by molar-refractivity contribution is 6.84. The van der Waals surface area contributed by atoms with Gasteiger partial charge in [0, 0.05) is 24.4 Å². The monoisotopic (exact) mass is 534 g/mol. The second-order valence-corrected chi connectivity index (χ2v) is 18.9. The number of carbonyl (C=O) groups is 2. The minimum Gasteiger partial charge on any atom is -0.460 e. The summed E-state index contributed by atoms with van der Waals surface area (Å²) in [5, 5.41) is 19.6. The van der Waals surface area contributed by atoms with E-state index in [0.717, 1.165) is 24.9 Å². The number of esters is 2. The third-order valence-electron chi connectivity index (χ3n) is 4.82. The van der Waals surface area contributed by atoms with Gasteiger partial charge in [0.05, 0.1) is 13.2 Å². The predicted octanol–water partition coefficient (Wildman–Crippen LogP) is 3.19. The van der Waals surface area contributed by atoms with Crippen molar-refractivity contribution in [2.24, 2.45) is 0 Å². The van der Waals surface area contributed by atoms with Gasteiger partial charge in [-0.05, 0) is 65.0 Å². The second-order valence-electron chi connectivity index (χ2n) is 10.0. The molecule has 0 amide bonds. The number of aliphatic hydroxyl groups is 2. The van der Waals surface area contributed by atoms with Crippen molar-refractivity contribution >= 4 is 28.6 Å². The fourth-order valence-electron chi connectivity index (χ4n) is 3.18. The topological polar surface area (TPSA) is 121 Å². The first kappa shape index (κ1) is 33.7. The van der Waals surface area contributed by atoms with Gasteiger partial charge in [0.1, 0.15) is 25.4 Å². The van der Waals surface area contributed by atoms with Crippen molar-refractivity contribution in [1.82, 2.24) is 0 Å². The Kier molecular flexibility index (Phi) is 16.5. The maximum absolute atomic E-state index is 11.3. The number of hydrogen-bond acceptors (Lipinski definition) is 9. The summed E-state index contributed by atoms with van der Waals surface area (Å²) in [4.78, 5) is 22.6. The van der Waals surface area contributed by atoms with E-state index in [1.54, 1.807) is 13.8 Å². The van der Waals surface area contributed by atoms with E-state index in [0.29, 0.717) is 24.4 Å². The Hall–Kier alpha value is -1.35. The Morgan fingerprint density at radius 2 is 1.06 bits per heavy atom. The summed E-state index contributed by atoms with van der Waals surface area (Å²) in [6, 6.07) is 1.88. The molecule has 0 bridgehead atoms. The third kappa shape index (κ3) is 18.6. The molecule has 0 rings (SSSR count). The Morgan fingerprint density at radius 3 is 1.37 bits per heavy atom. The molecule has 35 heavy (non-hydrogen) atoms. The Labute approximate surface area is 212 Å². The van der Waals surface area contributed by atoms with Gasteiger partial charge in [-0.3, -0.25) is 0 Å². The second kappa shape index (κ2) is 17.2. The van der Waals surface area contributed by atoms with Crippen molar-refractivity contribution in [3.8, 4) is 0 Å². The minimum absolute atomic E-state index is 0.109. The van der Waals surface area contributed by atoms with Gasteiger partial charge in [-0.15, -0.1) is 0 Å². The first-order chi connectivity index (χ1) is 16.1. The quantitative estimate of drug-likeness (QED) is 0.105. The number of carbonyl (C=O) groups excluding carboxylic acids is 2. The number of hydrogen-bond donors (Lipinski definition) is 2. The molecule has 0 heterocycles. The molecule has 0 saturated heterocycles. The van der Waals surface area contributed by atoms with Crippen LogP contribution in [0.1, 0.15) is 26.7 Å². The highest BCUT2D eigenvalue weighted by atomic mass is 28.4. The molecule has 0 radical (unpaired) electrons. The standard InChI is InChI=1S/C24H46O9Si2/c1-19(2)23(27)31-17-21(25)15-29-11-9-13-34(5,6)33-35(7,8)14-10-12-30-16-22(26)18-32-24(28)20(3)4/h21-22,25-26H,1,3,9-18H2,2,4-8H3. The van der Waals surface area contributed by atoms with Crippen LogP contribution in [0.5, 0.6) is 0 Å². The molecule has 0 saturated carbocycles. The van der Waals surface area contributed by atoms with Crippen LogP contribution >= 0.6 is 0 Å². The van der Waals surface area contributed by atoms with Crippen LogP contribution in [0.3, 0.4) is 0 Å². The van der Waals surface area contributed by atoms with E-state index < -0.39 is 40.8 Å². The highest BCUT2D eigenvalue weighted by Gasteiger charge is 2.32.